The fourth-order valence-corrected chi connectivity index (χ4v) is 4.04. The second-order valence-electron chi connectivity index (χ2n) is 6.70. The van der Waals surface area contributed by atoms with Gasteiger partial charge in [-0.25, -0.2) is 0 Å². The van der Waals surface area contributed by atoms with Gasteiger partial charge in [-0.15, -0.1) is 0 Å². The quantitative estimate of drug-likeness (QED) is 0.811. The first-order valence-electron chi connectivity index (χ1n) is 8.31. The number of aliphatic hydroxyl groups excluding tert-OH is 1. The molecule has 0 saturated heterocycles. The van der Waals surface area contributed by atoms with Gasteiger partial charge in [-0.3, -0.25) is 4.79 Å². The summed E-state index contributed by atoms with van der Waals surface area (Å²) in [5, 5.41) is 9.96. The highest BCUT2D eigenvalue weighted by Gasteiger charge is 2.42. The van der Waals surface area contributed by atoms with Crippen LogP contribution in [0.1, 0.15) is 43.8 Å². The number of fused-ring (bicyclic) bond motifs is 2. The van der Waals surface area contributed by atoms with Crippen LogP contribution in [0.2, 0.25) is 0 Å². The number of ether oxygens (including phenoxy) is 1. The molecule has 1 aromatic rings. The zero-order valence-electron chi connectivity index (χ0n) is 12.9. The number of hydrogen-bond acceptors (Lipinski definition) is 4. The maximum atomic E-state index is 12.3. The average molecular weight is 303 g/mol. The summed E-state index contributed by atoms with van der Waals surface area (Å²) in [5.74, 6) is 2.46. The minimum atomic E-state index is -0.574. The molecule has 2 bridgehead atoms. The molecule has 2 fully saturated rings. The van der Waals surface area contributed by atoms with Crippen molar-refractivity contribution in [3.63, 3.8) is 0 Å². The van der Waals surface area contributed by atoms with Crippen LogP contribution in [-0.4, -0.2) is 24.0 Å². The van der Waals surface area contributed by atoms with Gasteiger partial charge in [0.25, 0.3) is 0 Å². The van der Waals surface area contributed by atoms with Crippen LogP contribution >= 0.6 is 0 Å². The third kappa shape index (κ3) is 3.33. The average Bonchev–Trinajstić information content (AvgIpc) is 3.16. The summed E-state index contributed by atoms with van der Waals surface area (Å²) in [6.45, 7) is 0.583. The summed E-state index contributed by atoms with van der Waals surface area (Å²) in [7, 11) is 0. The van der Waals surface area contributed by atoms with E-state index >= 15 is 0 Å². The Morgan fingerprint density at radius 3 is 2.91 bits per heavy atom. The summed E-state index contributed by atoms with van der Waals surface area (Å²) >= 11 is 0. The van der Waals surface area contributed by atoms with Crippen molar-refractivity contribution >= 4 is 5.78 Å². The summed E-state index contributed by atoms with van der Waals surface area (Å²) in [6.07, 6.45) is 4.75. The van der Waals surface area contributed by atoms with Gasteiger partial charge in [0.15, 0.2) is 5.78 Å². The third-order valence-corrected chi connectivity index (χ3v) is 5.22. The lowest BCUT2D eigenvalue weighted by Crippen LogP contribution is -2.26. The first-order valence-corrected chi connectivity index (χ1v) is 8.31. The fourth-order valence-electron chi connectivity index (χ4n) is 4.04. The smallest absolute Gasteiger partial charge is 0.173 e. The van der Waals surface area contributed by atoms with Crippen LogP contribution in [0.5, 0.6) is 5.75 Å². The van der Waals surface area contributed by atoms with Crippen molar-refractivity contribution in [3.8, 4) is 5.75 Å². The Bertz CT molecular complexity index is 531. The minimum absolute atomic E-state index is 0.143. The van der Waals surface area contributed by atoms with Gasteiger partial charge in [-0.1, -0.05) is 18.6 Å². The highest BCUT2D eigenvalue weighted by molar-refractivity contribution is 5.83. The normalized spacial score (nSPS) is 27.8. The van der Waals surface area contributed by atoms with Gasteiger partial charge < -0.3 is 15.6 Å². The number of nitrogens with two attached hydrogens (primary N) is 1. The Kier molecular flexibility index (Phi) is 4.79. The third-order valence-electron chi connectivity index (χ3n) is 5.22. The Morgan fingerprint density at radius 1 is 1.36 bits per heavy atom. The summed E-state index contributed by atoms with van der Waals surface area (Å²) in [5.41, 5.74) is 6.25. The van der Waals surface area contributed by atoms with E-state index in [9.17, 15) is 9.90 Å². The molecular weight excluding hydrogens is 278 g/mol. The Labute approximate surface area is 131 Å². The van der Waals surface area contributed by atoms with Crippen molar-refractivity contribution in [2.45, 2.75) is 38.2 Å². The molecule has 1 aromatic carbocycles. The molecule has 0 spiro atoms. The van der Waals surface area contributed by atoms with E-state index in [0.717, 1.165) is 17.9 Å². The van der Waals surface area contributed by atoms with Crippen LogP contribution in [0.15, 0.2) is 24.3 Å². The fraction of sp³-hybridized carbons (Fsp3) is 0.611. The molecule has 0 aromatic heterocycles. The molecule has 0 heterocycles. The van der Waals surface area contributed by atoms with E-state index in [0.29, 0.717) is 24.6 Å². The largest absolute Gasteiger partial charge is 0.486 e. The highest BCUT2D eigenvalue weighted by atomic mass is 16.5. The maximum Gasteiger partial charge on any atom is 0.173 e. The maximum absolute atomic E-state index is 12.3. The second kappa shape index (κ2) is 6.80. The van der Waals surface area contributed by atoms with Gasteiger partial charge in [-0.05, 0) is 61.8 Å². The van der Waals surface area contributed by atoms with Crippen molar-refractivity contribution in [2.75, 3.05) is 13.2 Å². The number of ketones is 1. The molecule has 4 unspecified atom stereocenters. The number of carbonyl (C=O) groups excluding carboxylic acids is 1. The number of benzene rings is 1. The first-order chi connectivity index (χ1) is 10.7. The number of rotatable bonds is 7. The monoisotopic (exact) mass is 303 g/mol. The SMILES string of the molecule is NCCC(O)c1cccc(OCC(=O)C2CC3CCC2C3)c1. The van der Waals surface area contributed by atoms with Gasteiger partial charge in [0.1, 0.15) is 12.4 Å². The molecule has 120 valence electrons. The predicted molar refractivity (Wildman–Crippen MR) is 84.5 cm³/mol. The molecule has 4 nitrogen and oxygen atoms in total. The second-order valence-corrected chi connectivity index (χ2v) is 6.70. The van der Waals surface area contributed by atoms with Crippen LogP contribution in [-0.2, 0) is 4.79 Å². The topological polar surface area (TPSA) is 72.6 Å². The van der Waals surface area contributed by atoms with Crippen LogP contribution in [0.25, 0.3) is 0 Å². The summed E-state index contributed by atoms with van der Waals surface area (Å²) in [6, 6.07) is 7.32. The lowest BCUT2D eigenvalue weighted by atomic mass is 9.86. The van der Waals surface area contributed by atoms with Crippen molar-refractivity contribution in [3.05, 3.63) is 29.8 Å². The van der Waals surface area contributed by atoms with E-state index < -0.39 is 6.10 Å². The Balaban J connectivity index is 1.55. The number of aliphatic hydroxyl groups is 1. The summed E-state index contributed by atoms with van der Waals surface area (Å²) < 4.78 is 5.66. The van der Waals surface area contributed by atoms with Gasteiger partial charge in [0.05, 0.1) is 6.10 Å². The van der Waals surface area contributed by atoms with E-state index in [-0.39, 0.29) is 18.3 Å². The Hall–Kier alpha value is -1.39. The lowest BCUT2D eigenvalue weighted by Gasteiger charge is -2.20. The van der Waals surface area contributed by atoms with Crippen LogP contribution in [0.3, 0.4) is 0 Å². The molecule has 2 saturated carbocycles. The predicted octanol–water partition coefficient (Wildman–Crippen LogP) is 2.45. The van der Waals surface area contributed by atoms with Gasteiger partial charge >= 0.3 is 0 Å². The molecule has 0 amide bonds. The van der Waals surface area contributed by atoms with E-state index in [1.165, 1.54) is 19.3 Å². The van der Waals surface area contributed by atoms with E-state index in [4.69, 9.17) is 10.5 Å². The van der Waals surface area contributed by atoms with Crippen molar-refractivity contribution in [1.82, 2.24) is 0 Å². The molecule has 2 aliphatic rings. The molecule has 4 heteroatoms. The number of hydrogen-bond donors (Lipinski definition) is 2. The van der Waals surface area contributed by atoms with E-state index in [2.05, 4.69) is 0 Å². The molecule has 22 heavy (non-hydrogen) atoms. The summed E-state index contributed by atoms with van der Waals surface area (Å²) in [4.78, 5) is 12.3. The molecule has 2 aliphatic carbocycles. The van der Waals surface area contributed by atoms with Crippen molar-refractivity contribution < 1.29 is 14.6 Å². The van der Waals surface area contributed by atoms with Crippen molar-refractivity contribution in [1.29, 1.82) is 0 Å². The zero-order chi connectivity index (χ0) is 15.5. The molecule has 3 rings (SSSR count). The van der Waals surface area contributed by atoms with E-state index in [1.807, 2.05) is 18.2 Å². The number of Topliss-reactive ketones (excluding diaryl/α,β-unsaturated/α-hetero) is 1. The van der Waals surface area contributed by atoms with Gasteiger partial charge in [-0.2, -0.15) is 0 Å². The van der Waals surface area contributed by atoms with E-state index in [1.54, 1.807) is 6.07 Å². The minimum Gasteiger partial charge on any atom is -0.486 e. The zero-order valence-corrected chi connectivity index (χ0v) is 12.9. The van der Waals surface area contributed by atoms with Crippen LogP contribution in [0, 0.1) is 17.8 Å². The molecule has 0 radical (unpaired) electrons. The van der Waals surface area contributed by atoms with Crippen LogP contribution < -0.4 is 10.5 Å². The van der Waals surface area contributed by atoms with Crippen LogP contribution in [0.4, 0.5) is 0 Å². The first kappa shape index (κ1) is 15.5. The highest BCUT2D eigenvalue weighted by Crippen LogP contribution is 2.48. The van der Waals surface area contributed by atoms with Crippen molar-refractivity contribution in [2.24, 2.45) is 23.5 Å². The molecular formula is C18H25NO3. The van der Waals surface area contributed by atoms with Gasteiger partial charge in [0, 0.05) is 5.92 Å². The molecule has 0 aliphatic heterocycles. The van der Waals surface area contributed by atoms with Gasteiger partial charge in [0.2, 0.25) is 0 Å². The standard InChI is InChI=1S/C18H25NO3/c19-7-6-17(20)14-2-1-3-15(10-14)22-11-18(21)16-9-12-4-5-13(16)8-12/h1-3,10,12-13,16-17,20H,4-9,11,19H2. The molecule has 4 atom stereocenters. The Morgan fingerprint density at radius 2 is 2.23 bits per heavy atom. The number of carbonyl (C=O) groups is 1. The lowest BCUT2D eigenvalue weighted by molar-refractivity contribution is -0.126. The molecule has 3 N–H and O–H groups in total.